The second-order valence-electron chi connectivity index (χ2n) is 7.19. The van der Waals surface area contributed by atoms with Crippen molar-refractivity contribution in [3.8, 4) is 5.75 Å². The van der Waals surface area contributed by atoms with Crippen LogP contribution in [0.15, 0.2) is 29.2 Å². The highest BCUT2D eigenvalue weighted by Crippen LogP contribution is 2.18. The van der Waals surface area contributed by atoms with Crippen LogP contribution in [-0.2, 0) is 14.8 Å². The van der Waals surface area contributed by atoms with Gasteiger partial charge in [-0.2, -0.15) is 4.31 Å². The van der Waals surface area contributed by atoms with Crippen molar-refractivity contribution < 1.29 is 17.9 Å². The fourth-order valence-electron chi connectivity index (χ4n) is 3.29. The van der Waals surface area contributed by atoms with Crippen LogP contribution in [-0.4, -0.2) is 70.4 Å². The fourth-order valence-corrected chi connectivity index (χ4v) is 4.42. The lowest BCUT2D eigenvalue weighted by molar-refractivity contribution is -0.121. The van der Waals surface area contributed by atoms with Gasteiger partial charge in [-0.15, -0.1) is 0 Å². The molecular formula is C19H31N3O4S. The third-order valence-electron chi connectivity index (χ3n) is 4.85. The van der Waals surface area contributed by atoms with Crippen molar-refractivity contribution in [3.63, 3.8) is 0 Å². The number of sulfonamides is 1. The van der Waals surface area contributed by atoms with E-state index in [2.05, 4.69) is 17.1 Å². The first-order chi connectivity index (χ1) is 12.8. The van der Waals surface area contributed by atoms with Crippen LogP contribution in [0.2, 0.25) is 0 Å². The summed E-state index contributed by atoms with van der Waals surface area (Å²) in [4.78, 5) is 14.7. The number of benzene rings is 1. The molecule has 0 saturated carbocycles. The van der Waals surface area contributed by atoms with E-state index in [0.717, 1.165) is 36.3 Å². The number of nitrogens with zero attached hydrogens (tertiary/aromatic N) is 2. The second-order valence-corrected chi connectivity index (χ2v) is 9.23. The van der Waals surface area contributed by atoms with Crippen molar-refractivity contribution in [2.75, 3.05) is 46.9 Å². The maximum absolute atomic E-state index is 12.5. The number of hydrogen-bond acceptors (Lipinski definition) is 5. The number of ether oxygens (including phenoxy) is 1. The molecule has 0 radical (unpaired) electrons. The van der Waals surface area contributed by atoms with Crippen LogP contribution in [0, 0.1) is 5.92 Å². The van der Waals surface area contributed by atoms with Gasteiger partial charge in [-0.3, -0.25) is 4.79 Å². The molecule has 0 spiro atoms. The monoisotopic (exact) mass is 397 g/mol. The third-order valence-corrected chi connectivity index (χ3v) is 6.67. The van der Waals surface area contributed by atoms with Crippen LogP contribution in [0.4, 0.5) is 0 Å². The van der Waals surface area contributed by atoms with Gasteiger partial charge >= 0.3 is 0 Å². The molecule has 1 aromatic carbocycles. The van der Waals surface area contributed by atoms with Gasteiger partial charge in [-0.05, 0) is 62.5 Å². The number of likely N-dealkylation sites (tertiary alicyclic amines) is 1. The Labute approximate surface area is 162 Å². The number of likely N-dealkylation sites (N-methyl/N-ethyl adjacent to an activating group) is 1. The smallest absolute Gasteiger partial charge is 0.243 e. The normalized spacial score (nSPS) is 18.4. The molecule has 27 heavy (non-hydrogen) atoms. The Morgan fingerprint density at radius 2 is 2.04 bits per heavy atom. The zero-order valence-electron chi connectivity index (χ0n) is 16.5. The van der Waals surface area contributed by atoms with Gasteiger partial charge in [-0.1, -0.05) is 6.92 Å². The quantitative estimate of drug-likeness (QED) is 0.640. The number of amides is 1. The summed E-state index contributed by atoms with van der Waals surface area (Å²) in [6.45, 7) is 5.84. The first-order valence-electron chi connectivity index (χ1n) is 9.42. The summed E-state index contributed by atoms with van der Waals surface area (Å²) in [7, 11) is -0.774. The summed E-state index contributed by atoms with van der Waals surface area (Å²) >= 11 is 0. The van der Waals surface area contributed by atoms with E-state index in [1.54, 1.807) is 12.1 Å². The molecule has 0 unspecified atom stereocenters. The minimum atomic E-state index is -3.70. The van der Waals surface area contributed by atoms with E-state index < -0.39 is 10.0 Å². The predicted octanol–water partition coefficient (Wildman–Crippen LogP) is 1.55. The third kappa shape index (κ3) is 6.48. The van der Waals surface area contributed by atoms with Gasteiger partial charge in [0.2, 0.25) is 15.9 Å². The molecule has 1 aromatic rings. The summed E-state index contributed by atoms with van der Waals surface area (Å²) in [6, 6.07) is 6.12. The molecule has 8 heteroatoms. The maximum Gasteiger partial charge on any atom is 0.243 e. The Balaban J connectivity index is 1.75. The van der Waals surface area contributed by atoms with Crippen molar-refractivity contribution >= 4 is 15.9 Å². The van der Waals surface area contributed by atoms with E-state index in [0.29, 0.717) is 12.3 Å². The van der Waals surface area contributed by atoms with Crippen molar-refractivity contribution in [2.24, 2.45) is 5.92 Å². The Kier molecular flexibility index (Phi) is 8.07. The molecule has 0 aliphatic carbocycles. The van der Waals surface area contributed by atoms with Gasteiger partial charge in [-0.25, -0.2) is 8.42 Å². The zero-order valence-corrected chi connectivity index (χ0v) is 17.3. The number of rotatable bonds is 9. The van der Waals surface area contributed by atoms with E-state index in [9.17, 15) is 13.2 Å². The molecule has 0 bridgehead atoms. The number of methoxy groups -OCH3 is 1. The number of hydrogen-bond donors (Lipinski definition) is 1. The summed E-state index contributed by atoms with van der Waals surface area (Å²) in [5.74, 6) is 1.03. The first kappa shape index (κ1) is 21.7. The second kappa shape index (κ2) is 10.1. The molecule has 1 fully saturated rings. The highest BCUT2D eigenvalue weighted by molar-refractivity contribution is 7.89. The molecule has 0 aromatic heterocycles. The van der Waals surface area contributed by atoms with Crippen LogP contribution in [0.25, 0.3) is 0 Å². The van der Waals surface area contributed by atoms with Gasteiger partial charge in [0.1, 0.15) is 5.75 Å². The lowest BCUT2D eigenvalue weighted by Crippen LogP contribution is -2.40. The topological polar surface area (TPSA) is 79.0 Å². The van der Waals surface area contributed by atoms with Gasteiger partial charge in [0.05, 0.1) is 18.6 Å². The molecule has 1 amide bonds. The van der Waals surface area contributed by atoms with Crippen LogP contribution >= 0.6 is 0 Å². The highest BCUT2D eigenvalue weighted by atomic mass is 32.2. The van der Waals surface area contributed by atoms with Crippen molar-refractivity contribution in [3.05, 3.63) is 24.3 Å². The standard InChI is InChI=1S/C19H31N3O4S/c1-16-6-4-12-22(14-16)13-5-11-20-19(23)15-21(2)27(24,25)18-9-7-17(26-3)8-10-18/h7-10,16H,4-6,11-15H2,1-3H3,(H,20,23)/t16-/m0/s1. The molecule has 7 nitrogen and oxygen atoms in total. The predicted molar refractivity (Wildman–Crippen MR) is 105 cm³/mol. The molecule has 1 saturated heterocycles. The Morgan fingerprint density at radius 1 is 1.33 bits per heavy atom. The van der Waals surface area contributed by atoms with Gasteiger partial charge in [0, 0.05) is 20.1 Å². The Hall–Kier alpha value is -1.64. The van der Waals surface area contributed by atoms with Crippen LogP contribution in [0.1, 0.15) is 26.2 Å². The molecule has 1 aliphatic heterocycles. The average Bonchev–Trinajstić information content (AvgIpc) is 2.65. The van der Waals surface area contributed by atoms with Gasteiger partial charge < -0.3 is 15.0 Å². The molecule has 1 N–H and O–H groups in total. The molecule has 1 aliphatic rings. The number of carbonyl (C=O) groups excluding carboxylic acids is 1. The molecular weight excluding hydrogens is 366 g/mol. The summed E-state index contributed by atoms with van der Waals surface area (Å²) < 4.78 is 31.2. The van der Waals surface area contributed by atoms with Crippen LogP contribution in [0.3, 0.4) is 0 Å². The van der Waals surface area contributed by atoms with Crippen molar-refractivity contribution in [1.29, 1.82) is 0 Å². The minimum Gasteiger partial charge on any atom is -0.497 e. The molecule has 1 atom stereocenters. The van der Waals surface area contributed by atoms with Crippen LogP contribution < -0.4 is 10.1 Å². The lowest BCUT2D eigenvalue weighted by Gasteiger charge is -2.30. The van der Waals surface area contributed by atoms with Gasteiger partial charge in [0.25, 0.3) is 0 Å². The van der Waals surface area contributed by atoms with Crippen molar-refractivity contribution in [2.45, 2.75) is 31.1 Å². The molecule has 2 rings (SSSR count). The number of carbonyl (C=O) groups is 1. The van der Waals surface area contributed by atoms with Crippen LogP contribution in [0.5, 0.6) is 5.75 Å². The van der Waals surface area contributed by atoms with E-state index >= 15 is 0 Å². The molecule has 1 heterocycles. The van der Waals surface area contributed by atoms with E-state index in [-0.39, 0.29) is 17.3 Å². The minimum absolute atomic E-state index is 0.137. The number of nitrogens with one attached hydrogen (secondary N) is 1. The lowest BCUT2D eigenvalue weighted by atomic mass is 10.0. The highest BCUT2D eigenvalue weighted by Gasteiger charge is 2.23. The fraction of sp³-hybridized carbons (Fsp3) is 0.632. The Bertz CT molecular complexity index is 706. The number of piperidine rings is 1. The summed E-state index contributed by atoms with van der Waals surface area (Å²) in [5.41, 5.74) is 0. The van der Waals surface area contributed by atoms with E-state index in [4.69, 9.17) is 4.74 Å². The molecule has 152 valence electrons. The SMILES string of the molecule is COc1ccc(S(=O)(=O)N(C)CC(=O)NCCCN2CCC[C@H](C)C2)cc1. The average molecular weight is 398 g/mol. The first-order valence-corrected chi connectivity index (χ1v) is 10.9. The maximum atomic E-state index is 12.5. The van der Waals surface area contributed by atoms with E-state index in [1.165, 1.54) is 39.1 Å². The van der Waals surface area contributed by atoms with Crippen molar-refractivity contribution in [1.82, 2.24) is 14.5 Å². The largest absolute Gasteiger partial charge is 0.497 e. The van der Waals surface area contributed by atoms with E-state index in [1.807, 2.05) is 0 Å². The summed E-state index contributed by atoms with van der Waals surface area (Å²) in [5, 5.41) is 2.81. The Morgan fingerprint density at radius 3 is 2.67 bits per heavy atom. The van der Waals surface area contributed by atoms with Gasteiger partial charge in [0.15, 0.2) is 0 Å². The zero-order chi connectivity index (χ0) is 19.9. The summed E-state index contributed by atoms with van der Waals surface area (Å²) in [6.07, 6.45) is 3.40.